The Morgan fingerprint density at radius 1 is 1.16 bits per heavy atom. The molecule has 2 rings (SSSR count). The van der Waals surface area contributed by atoms with Crippen molar-refractivity contribution in [3.63, 3.8) is 0 Å². The zero-order chi connectivity index (χ0) is 18.6. The Bertz CT molecular complexity index is 761. The average Bonchev–Trinajstić information content (AvgIpc) is 2.61. The third-order valence-electron chi connectivity index (χ3n) is 3.77. The molecule has 1 aliphatic heterocycles. The maximum atomic E-state index is 12.7. The van der Waals surface area contributed by atoms with Crippen LogP contribution in [0.15, 0.2) is 23.1 Å². The first kappa shape index (κ1) is 20.0. The molecule has 138 valence electrons. The van der Waals surface area contributed by atoms with E-state index < -0.39 is 16.0 Å². The van der Waals surface area contributed by atoms with Gasteiger partial charge < -0.3 is 9.64 Å². The van der Waals surface area contributed by atoms with Crippen LogP contribution >= 0.6 is 23.2 Å². The third kappa shape index (κ3) is 4.63. The number of hydrogen-bond acceptors (Lipinski definition) is 5. The summed E-state index contributed by atoms with van der Waals surface area (Å²) < 4.78 is 31.5. The van der Waals surface area contributed by atoms with Crippen LogP contribution in [-0.4, -0.2) is 62.3 Å². The number of halogens is 2. The molecule has 0 bridgehead atoms. The Labute approximate surface area is 156 Å². The molecule has 1 aliphatic rings. The number of hydrogen-bond donors (Lipinski definition) is 0. The van der Waals surface area contributed by atoms with Gasteiger partial charge in [-0.1, -0.05) is 36.2 Å². The van der Waals surface area contributed by atoms with Gasteiger partial charge in [-0.15, -0.1) is 0 Å². The second-order valence-corrected chi connectivity index (χ2v) is 8.04. The SMILES string of the molecule is CCC(=O)OCC(=O)N1CCN(S(=O)(=O)c2cccc(Cl)c2Cl)CC1. The van der Waals surface area contributed by atoms with Crippen molar-refractivity contribution in [2.75, 3.05) is 32.8 Å². The van der Waals surface area contributed by atoms with Crippen LogP contribution in [0, 0.1) is 0 Å². The van der Waals surface area contributed by atoms with Gasteiger partial charge in [0.15, 0.2) is 6.61 Å². The van der Waals surface area contributed by atoms with Crippen molar-refractivity contribution in [2.45, 2.75) is 18.2 Å². The minimum Gasteiger partial charge on any atom is -0.456 e. The molecule has 0 spiro atoms. The van der Waals surface area contributed by atoms with Crippen LogP contribution < -0.4 is 0 Å². The van der Waals surface area contributed by atoms with E-state index in [0.29, 0.717) is 0 Å². The molecule has 1 amide bonds. The number of carbonyl (C=O) groups excluding carboxylic acids is 2. The second-order valence-electron chi connectivity index (χ2n) is 5.35. The molecular formula is C15H18Cl2N2O5S. The van der Waals surface area contributed by atoms with Crippen LogP contribution in [0.2, 0.25) is 10.0 Å². The number of piperazine rings is 1. The van der Waals surface area contributed by atoms with Crippen LogP contribution in [0.5, 0.6) is 0 Å². The molecule has 1 aromatic rings. The minimum atomic E-state index is -3.80. The van der Waals surface area contributed by atoms with Gasteiger partial charge in [-0.25, -0.2) is 8.42 Å². The van der Waals surface area contributed by atoms with Crippen LogP contribution in [-0.2, 0) is 24.3 Å². The summed E-state index contributed by atoms with van der Waals surface area (Å²) in [7, 11) is -3.80. The smallest absolute Gasteiger partial charge is 0.306 e. The first-order valence-electron chi connectivity index (χ1n) is 7.65. The normalized spacial score (nSPS) is 15.9. The Kier molecular flexibility index (Phi) is 6.67. The van der Waals surface area contributed by atoms with Crippen molar-refractivity contribution < 1.29 is 22.7 Å². The number of nitrogens with zero attached hydrogens (tertiary/aromatic N) is 2. The summed E-state index contributed by atoms with van der Waals surface area (Å²) in [6, 6.07) is 4.42. The van der Waals surface area contributed by atoms with Crippen molar-refractivity contribution in [3.8, 4) is 0 Å². The summed E-state index contributed by atoms with van der Waals surface area (Å²) in [6.07, 6.45) is 0.194. The summed E-state index contributed by atoms with van der Waals surface area (Å²) in [5.74, 6) is -0.801. The number of carbonyl (C=O) groups is 2. The van der Waals surface area contributed by atoms with Crippen molar-refractivity contribution in [3.05, 3.63) is 28.2 Å². The van der Waals surface area contributed by atoms with Gasteiger partial charge in [-0.3, -0.25) is 9.59 Å². The highest BCUT2D eigenvalue weighted by atomic mass is 35.5. The first-order chi connectivity index (χ1) is 11.8. The van der Waals surface area contributed by atoms with Gasteiger partial charge in [0, 0.05) is 32.6 Å². The fourth-order valence-corrected chi connectivity index (χ4v) is 4.49. The lowest BCUT2D eigenvalue weighted by Gasteiger charge is -2.34. The zero-order valence-corrected chi connectivity index (χ0v) is 15.9. The Balaban J connectivity index is 2.00. The van der Waals surface area contributed by atoms with Crippen molar-refractivity contribution in [1.29, 1.82) is 0 Å². The lowest BCUT2D eigenvalue weighted by atomic mass is 10.3. The number of benzene rings is 1. The number of sulfonamides is 1. The molecule has 0 N–H and O–H groups in total. The topological polar surface area (TPSA) is 84.0 Å². The van der Waals surface area contributed by atoms with Crippen LogP contribution in [0.25, 0.3) is 0 Å². The van der Waals surface area contributed by atoms with E-state index in [-0.39, 0.29) is 60.1 Å². The molecule has 0 aromatic heterocycles. The highest BCUT2D eigenvalue weighted by molar-refractivity contribution is 7.89. The van der Waals surface area contributed by atoms with Gasteiger partial charge in [0.2, 0.25) is 10.0 Å². The molecule has 0 aliphatic carbocycles. The Morgan fingerprint density at radius 2 is 1.80 bits per heavy atom. The monoisotopic (exact) mass is 408 g/mol. The van der Waals surface area contributed by atoms with Crippen LogP contribution in [0.4, 0.5) is 0 Å². The minimum absolute atomic E-state index is 0.0193. The lowest BCUT2D eigenvalue weighted by Crippen LogP contribution is -2.51. The standard InChI is InChI=1S/C15H18Cl2N2O5S/c1-2-14(21)24-10-13(20)18-6-8-19(9-7-18)25(22,23)12-5-3-4-11(16)15(12)17/h3-5H,2,6-10H2,1H3. The first-order valence-corrected chi connectivity index (χ1v) is 9.84. The van der Waals surface area contributed by atoms with Gasteiger partial charge in [0.1, 0.15) is 4.90 Å². The van der Waals surface area contributed by atoms with E-state index in [0.717, 1.165) is 0 Å². The van der Waals surface area contributed by atoms with E-state index in [1.165, 1.54) is 27.4 Å². The molecule has 7 nitrogen and oxygen atoms in total. The molecule has 1 saturated heterocycles. The van der Waals surface area contributed by atoms with Gasteiger partial charge in [0.05, 0.1) is 10.0 Å². The number of amides is 1. The van der Waals surface area contributed by atoms with E-state index >= 15 is 0 Å². The molecule has 10 heteroatoms. The van der Waals surface area contributed by atoms with Gasteiger partial charge in [-0.2, -0.15) is 4.31 Å². The maximum absolute atomic E-state index is 12.7. The molecule has 1 aromatic carbocycles. The molecule has 1 heterocycles. The second kappa shape index (κ2) is 8.35. The van der Waals surface area contributed by atoms with E-state index in [1.54, 1.807) is 6.92 Å². The van der Waals surface area contributed by atoms with Crippen molar-refractivity contribution in [1.82, 2.24) is 9.21 Å². The molecular weight excluding hydrogens is 391 g/mol. The van der Waals surface area contributed by atoms with E-state index in [4.69, 9.17) is 27.9 Å². The number of esters is 1. The van der Waals surface area contributed by atoms with Crippen LogP contribution in [0.3, 0.4) is 0 Å². The van der Waals surface area contributed by atoms with Gasteiger partial charge >= 0.3 is 5.97 Å². The van der Waals surface area contributed by atoms with Gasteiger partial charge in [-0.05, 0) is 12.1 Å². The third-order valence-corrected chi connectivity index (χ3v) is 6.64. The van der Waals surface area contributed by atoms with Crippen molar-refractivity contribution in [2.24, 2.45) is 0 Å². The van der Waals surface area contributed by atoms with Crippen LogP contribution in [0.1, 0.15) is 13.3 Å². The number of rotatable bonds is 5. The quantitative estimate of drug-likeness (QED) is 0.693. The maximum Gasteiger partial charge on any atom is 0.306 e. The fraction of sp³-hybridized carbons (Fsp3) is 0.467. The average molecular weight is 409 g/mol. The largest absolute Gasteiger partial charge is 0.456 e. The molecule has 25 heavy (non-hydrogen) atoms. The summed E-state index contributed by atoms with van der Waals surface area (Å²) in [6.45, 7) is 1.97. The lowest BCUT2D eigenvalue weighted by molar-refractivity contribution is -0.152. The summed E-state index contributed by atoms with van der Waals surface area (Å²) in [4.78, 5) is 24.5. The highest BCUT2D eigenvalue weighted by Crippen LogP contribution is 2.31. The van der Waals surface area contributed by atoms with E-state index in [1.807, 2.05) is 0 Å². The predicted octanol–water partition coefficient (Wildman–Crippen LogP) is 1.78. The molecule has 0 atom stereocenters. The van der Waals surface area contributed by atoms with E-state index in [9.17, 15) is 18.0 Å². The summed E-state index contributed by atoms with van der Waals surface area (Å²) in [5, 5.41) is 0.142. The van der Waals surface area contributed by atoms with E-state index in [2.05, 4.69) is 0 Å². The van der Waals surface area contributed by atoms with Gasteiger partial charge in [0.25, 0.3) is 5.91 Å². The van der Waals surface area contributed by atoms with Crippen molar-refractivity contribution >= 4 is 45.1 Å². The highest BCUT2D eigenvalue weighted by Gasteiger charge is 2.32. The summed E-state index contributed by atoms with van der Waals surface area (Å²) in [5.41, 5.74) is 0. The molecule has 0 radical (unpaired) electrons. The zero-order valence-electron chi connectivity index (χ0n) is 13.6. The Hall–Kier alpha value is -1.35. The number of ether oxygens (including phenoxy) is 1. The molecule has 0 saturated carbocycles. The summed E-state index contributed by atoms with van der Waals surface area (Å²) >= 11 is 11.9. The Morgan fingerprint density at radius 3 is 2.40 bits per heavy atom. The predicted molar refractivity (Wildman–Crippen MR) is 93.1 cm³/mol. The molecule has 0 unspecified atom stereocenters. The molecule has 1 fully saturated rings. The fourth-order valence-electron chi connectivity index (χ4n) is 2.34.